The molecule has 0 heterocycles. The zero-order chi connectivity index (χ0) is 52.0. The Hall–Kier alpha value is -3.18. The van der Waals surface area contributed by atoms with Gasteiger partial charge in [-0.05, 0) is 122 Å². The van der Waals surface area contributed by atoms with Crippen LogP contribution in [-0.4, -0.2) is 37.9 Å². The van der Waals surface area contributed by atoms with Gasteiger partial charge in [-0.25, -0.2) is 0 Å². The van der Waals surface area contributed by atoms with E-state index in [0.29, 0.717) is 19.4 Å². The van der Waals surface area contributed by atoms with Crippen LogP contribution in [0.5, 0.6) is 0 Å². The van der Waals surface area contributed by atoms with Crippen molar-refractivity contribution in [3.8, 4) is 0 Å². The quantitative estimate of drug-likeness (QED) is 0.0345. The second-order valence-corrected chi connectivity index (χ2v) is 20.2. The van der Waals surface area contributed by atoms with E-state index in [0.717, 1.165) is 103 Å². The van der Waals surface area contributed by atoms with Crippen LogP contribution in [0.4, 0.5) is 0 Å². The second kappa shape index (κ2) is 62.1. The van der Waals surface area contributed by atoms with Crippen molar-refractivity contribution in [2.45, 2.75) is 297 Å². The third-order valence-corrected chi connectivity index (χ3v) is 13.1. The van der Waals surface area contributed by atoms with Crippen molar-refractivity contribution in [3.63, 3.8) is 0 Å². The molecular weight excluding hydrogens is 885 g/mol. The number of unbranched alkanes of at least 4 members (excludes halogenated alkanes) is 29. The number of hydrogen-bond donors (Lipinski definition) is 0. The van der Waals surface area contributed by atoms with Gasteiger partial charge in [0.25, 0.3) is 0 Å². The molecule has 1 atom stereocenters. The van der Waals surface area contributed by atoms with Gasteiger partial charge in [0.1, 0.15) is 6.61 Å². The Bertz CT molecular complexity index is 1360. The summed E-state index contributed by atoms with van der Waals surface area (Å²) in [5, 5.41) is 0. The molecule has 0 spiro atoms. The summed E-state index contributed by atoms with van der Waals surface area (Å²) >= 11 is 0. The highest BCUT2D eigenvalue weighted by Gasteiger charge is 2.17. The molecule has 0 rings (SSSR count). The minimum atomic E-state index is -0.559. The first-order valence-electron chi connectivity index (χ1n) is 30.8. The van der Waals surface area contributed by atoms with E-state index in [4.69, 9.17) is 14.2 Å². The van der Waals surface area contributed by atoms with Gasteiger partial charge in [0.05, 0.1) is 6.61 Å². The lowest BCUT2D eigenvalue weighted by Crippen LogP contribution is -2.30. The molecule has 0 bridgehead atoms. The Labute approximate surface area is 447 Å². The molecule has 0 aliphatic carbocycles. The highest BCUT2D eigenvalue weighted by Crippen LogP contribution is 2.15. The molecule has 0 aromatic heterocycles. The summed E-state index contributed by atoms with van der Waals surface area (Å²) < 4.78 is 17.5. The number of esters is 2. The summed E-state index contributed by atoms with van der Waals surface area (Å²) in [6, 6.07) is 0. The average Bonchev–Trinajstić information content (AvgIpc) is 3.38. The molecule has 0 aliphatic heterocycles. The normalized spacial score (nSPS) is 12.9. The number of carbonyl (C=O) groups excluding carboxylic acids is 2. The van der Waals surface area contributed by atoms with Crippen molar-refractivity contribution in [2.24, 2.45) is 0 Å². The van der Waals surface area contributed by atoms with Crippen molar-refractivity contribution in [3.05, 3.63) is 97.2 Å². The average molecular weight is 1000 g/mol. The van der Waals surface area contributed by atoms with E-state index in [1.165, 1.54) is 154 Å². The number of allylic oxidation sites excluding steroid dienone is 16. The van der Waals surface area contributed by atoms with Crippen molar-refractivity contribution in [1.82, 2.24) is 0 Å². The summed E-state index contributed by atoms with van der Waals surface area (Å²) in [6.45, 7) is 7.65. The van der Waals surface area contributed by atoms with Gasteiger partial charge >= 0.3 is 11.9 Å². The third-order valence-electron chi connectivity index (χ3n) is 13.1. The SMILES string of the molecule is CC/C=C\C/C=C\C/C=C\C/C=C\CCCCCCC(=O)OC(COCCCCCCCCCCCC/C=C\C/C=C\CCCCC)COC(=O)CCCCCCCCCCC/C=C\C/C=C\CCCCC. The molecule has 1 unspecified atom stereocenters. The molecule has 0 amide bonds. The van der Waals surface area contributed by atoms with E-state index in [1.807, 2.05) is 0 Å². The van der Waals surface area contributed by atoms with Crippen LogP contribution in [0.25, 0.3) is 0 Å². The van der Waals surface area contributed by atoms with E-state index in [2.05, 4.69) is 118 Å². The number of hydrogen-bond acceptors (Lipinski definition) is 5. The van der Waals surface area contributed by atoms with Gasteiger partial charge in [-0.3, -0.25) is 9.59 Å². The maximum absolute atomic E-state index is 12.9. The maximum Gasteiger partial charge on any atom is 0.306 e. The first kappa shape index (κ1) is 68.8. The van der Waals surface area contributed by atoms with Crippen molar-refractivity contribution < 1.29 is 23.8 Å². The maximum atomic E-state index is 12.9. The van der Waals surface area contributed by atoms with E-state index >= 15 is 0 Å². The monoisotopic (exact) mass is 1000 g/mol. The van der Waals surface area contributed by atoms with Gasteiger partial charge in [0.15, 0.2) is 6.10 Å². The lowest BCUT2D eigenvalue weighted by molar-refractivity contribution is -0.163. The first-order valence-corrected chi connectivity index (χ1v) is 30.8. The second-order valence-electron chi connectivity index (χ2n) is 20.2. The van der Waals surface area contributed by atoms with Gasteiger partial charge in [0.2, 0.25) is 0 Å². The Morgan fingerprint density at radius 1 is 0.319 bits per heavy atom. The molecule has 0 radical (unpaired) electrons. The fourth-order valence-corrected chi connectivity index (χ4v) is 8.50. The predicted molar refractivity (Wildman–Crippen MR) is 316 cm³/mol. The molecule has 0 N–H and O–H groups in total. The minimum absolute atomic E-state index is 0.0684. The summed E-state index contributed by atoms with van der Waals surface area (Å²) in [4.78, 5) is 25.6. The molecule has 0 saturated carbocycles. The van der Waals surface area contributed by atoms with E-state index in [1.54, 1.807) is 0 Å². The van der Waals surface area contributed by atoms with Gasteiger partial charge in [-0.1, -0.05) is 253 Å². The highest BCUT2D eigenvalue weighted by atomic mass is 16.6. The zero-order valence-corrected chi connectivity index (χ0v) is 47.7. The van der Waals surface area contributed by atoms with Gasteiger partial charge in [-0.2, -0.15) is 0 Å². The molecule has 0 aliphatic rings. The fraction of sp³-hybridized carbons (Fsp3) is 0.731. The molecular formula is C67H116O5. The largest absolute Gasteiger partial charge is 0.462 e. The molecule has 0 aromatic carbocycles. The highest BCUT2D eigenvalue weighted by molar-refractivity contribution is 5.70. The predicted octanol–water partition coefficient (Wildman–Crippen LogP) is 21.4. The van der Waals surface area contributed by atoms with Crippen LogP contribution in [0, 0.1) is 0 Å². The van der Waals surface area contributed by atoms with Crippen molar-refractivity contribution in [2.75, 3.05) is 19.8 Å². The standard InChI is InChI=1S/C67H116O5/c1-4-7-10-13-16-19-22-25-28-31-33-35-38-41-44-47-50-53-56-59-62-70-63-65(72-67(69)61-58-55-52-49-46-43-40-36-30-27-24-21-18-15-12-9-6-3)64-71-66(68)60-57-54-51-48-45-42-39-37-34-32-29-26-23-20-17-14-11-8-5-2/h9,12,16-21,25-30,40,43,65H,4-8,10-11,13-15,22-24,31-39,41-42,44-64H2,1-3H3/b12-9-,19-16-,20-17-,21-18-,28-25-,29-26-,30-27-,43-40-. The lowest BCUT2D eigenvalue weighted by Gasteiger charge is -2.18. The van der Waals surface area contributed by atoms with E-state index < -0.39 is 6.10 Å². The van der Waals surface area contributed by atoms with Gasteiger partial charge in [-0.15, -0.1) is 0 Å². The molecule has 5 nitrogen and oxygen atoms in total. The van der Waals surface area contributed by atoms with Gasteiger partial charge in [0, 0.05) is 19.4 Å². The Morgan fingerprint density at radius 3 is 1.00 bits per heavy atom. The third kappa shape index (κ3) is 59.4. The summed E-state index contributed by atoms with van der Waals surface area (Å²) in [5.74, 6) is -0.425. The molecule has 0 fully saturated rings. The van der Waals surface area contributed by atoms with Crippen LogP contribution in [0.3, 0.4) is 0 Å². The van der Waals surface area contributed by atoms with Crippen LogP contribution in [0.1, 0.15) is 290 Å². The van der Waals surface area contributed by atoms with Crippen LogP contribution in [0.2, 0.25) is 0 Å². The van der Waals surface area contributed by atoms with Crippen LogP contribution >= 0.6 is 0 Å². The molecule has 72 heavy (non-hydrogen) atoms. The lowest BCUT2D eigenvalue weighted by atomic mass is 10.1. The summed E-state index contributed by atoms with van der Waals surface area (Å²) in [5.41, 5.74) is 0. The van der Waals surface area contributed by atoms with Gasteiger partial charge < -0.3 is 14.2 Å². The van der Waals surface area contributed by atoms with Crippen molar-refractivity contribution in [1.29, 1.82) is 0 Å². The Morgan fingerprint density at radius 2 is 0.625 bits per heavy atom. The topological polar surface area (TPSA) is 61.8 Å². The van der Waals surface area contributed by atoms with Crippen molar-refractivity contribution >= 4 is 11.9 Å². The molecule has 0 saturated heterocycles. The number of ether oxygens (including phenoxy) is 3. The smallest absolute Gasteiger partial charge is 0.306 e. The summed E-state index contributed by atoms with van der Waals surface area (Å²) in [7, 11) is 0. The summed E-state index contributed by atoms with van der Waals surface area (Å²) in [6.07, 6.45) is 84.3. The minimum Gasteiger partial charge on any atom is -0.462 e. The Kier molecular flexibility index (Phi) is 59.4. The van der Waals surface area contributed by atoms with E-state index in [-0.39, 0.29) is 25.2 Å². The van der Waals surface area contributed by atoms with Crippen LogP contribution < -0.4 is 0 Å². The molecule has 5 heteroatoms. The number of rotatable bonds is 56. The Balaban J connectivity index is 4.33. The number of carbonyl (C=O) groups is 2. The fourth-order valence-electron chi connectivity index (χ4n) is 8.50. The molecule has 0 aromatic rings. The zero-order valence-electron chi connectivity index (χ0n) is 47.7. The molecule has 414 valence electrons. The first-order chi connectivity index (χ1) is 35.6. The van der Waals surface area contributed by atoms with Crippen LogP contribution in [0.15, 0.2) is 97.2 Å². The van der Waals surface area contributed by atoms with E-state index in [9.17, 15) is 9.59 Å². The van der Waals surface area contributed by atoms with Crippen LogP contribution in [-0.2, 0) is 23.8 Å².